The highest BCUT2D eigenvalue weighted by Gasteiger charge is 2.48. The van der Waals surface area contributed by atoms with Crippen molar-refractivity contribution in [3.05, 3.63) is 0 Å². The molecule has 0 spiro atoms. The van der Waals surface area contributed by atoms with E-state index in [4.69, 9.17) is 18.9 Å². The number of rotatable bonds is 3. The van der Waals surface area contributed by atoms with Gasteiger partial charge in [-0.3, -0.25) is 0 Å². The highest BCUT2D eigenvalue weighted by molar-refractivity contribution is 4.85. The summed E-state index contributed by atoms with van der Waals surface area (Å²) in [5.74, 6) is -1.68. The molecule has 0 radical (unpaired) electrons. The molecule has 2 aliphatic rings. The van der Waals surface area contributed by atoms with E-state index in [0.717, 1.165) is 6.42 Å². The van der Waals surface area contributed by atoms with Crippen molar-refractivity contribution in [1.29, 1.82) is 0 Å². The fraction of sp³-hybridized carbons (Fsp3) is 1.00. The van der Waals surface area contributed by atoms with Gasteiger partial charge >= 0.3 is 0 Å². The summed E-state index contributed by atoms with van der Waals surface area (Å²) >= 11 is 0. The van der Waals surface area contributed by atoms with Crippen LogP contribution in [0.5, 0.6) is 0 Å². The smallest absolute Gasteiger partial charge is 0.187 e. The lowest BCUT2D eigenvalue weighted by Crippen LogP contribution is -2.30. The maximum Gasteiger partial charge on any atom is 0.187 e. The van der Waals surface area contributed by atoms with Gasteiger partial charge in [0, 0.05) is 6.42 Å². The molecule has 5 heteroatoms. The Balaban J connectivity index is 1.79. The van der Waals surface area contributed by atoms with Crippen LogP contribution < -0.4 is 0 Å². The molecule has 0 aromatic heterocycles. The SMILES string of the molecule is CC(C)(O)OC[C@H]1C[C@@H]2OC(C)(C)O[C@@H]2O1. The molecule has 5 nitrogen and oxygen atoms in total. The first-order valence-corrected chi connectivity index (χ1v) is 5.63. The van der Waals surface area contributed by atoms with Crippen LogP contribution in [0, 0.1) is 0 Å². The second-order valence-corrected chi connectivity index (χ2v) is 5.29. The molecule has 2 fully saturated rings. The monoisotopic (exact) mass is 232 g/mol. The Morgan fingerprint density at radius 1 is 1.38 bits per heavy atom. The van der Waals surface area contributed by atoms with Crippen molar-refractivity contribution < 1.29 is 24.1 Å². The van der Waals surface area contributed by atoms with Gasteiger partial charge in [0.05, 0.1) is 12.7 Å². The first-order chi connectivity index (χ1) is 7.25. The van der Waals surface area contributed by atoms with E-state index >= 15 is 0 Å². The number of hydrogen-bond acceptors (Lipinski definition) is 5. The molecule has 0 unspecified atom stereocenters. The lowest BCUT2D eigenvalue weighted by Gasteiger charge is -2.23. The zero-order valence-electron chi connectivity index (χ0n) is 10.2. The van der Waals surface area contributed by atoms with Crippen LogP contribution >= 0.6 is 0 Å². The lowest BCUT2D eigenvalue weighted by molar-refractivity contribution is -0.230. The first kappa shape index (κ1) is 12.3. The summed E-state index contributed by atoms with van der Waals surface area (Å²) in [4.78, 5) is 0. The Kier molecular flexibility index (Phi) is 3.01. The molecule has 2 saturated heterocycles. The molecule has 2 aliphatic heterocycles. The fourth-order valence-corrected chi connectivity index (χ4v) is 1.99. The van der Waals surface area contributed by atoms with Crippen LogP contribution in [0.2, 0.25) is 0 Å². The third kappa shape index (κ3) is 2.93. The Bertz CT molecular complexity index is 242. The molecule has 0 aromatic rings. The molecule has 0 aromatic carbocycles. The van der Waals surface area contributed by atoms with Crippen LogP contribution in [0.15, 0.2) is 0 Å². The molecular formula is C11H20O5. The Morgan fingerprint density at radius 3 is 2.62 bits per heavy atom. The van der Waals surface area contributed by atoms with Crippen molar-refractivity contribution in [2.75, 3.05) is 6.61 Å². The van der Waals surface area contributed by atoms with Gasteiger partial charge in [0.2, 0.25) is 0 Å². The maximum atomic E-state index is 9.42. The summed E-state index contributed by atoms with van der Waals surface area (Å²) in [6.45, 7) is 7.29. The second-order valence-electron chi connectivity index (χ2n) is 5.29. The van der Waals surface area contributed by atoms with Gasteiger partial charge in [-0.15, -0.1) is 0 Å². The molecular weight excluding hydrogens is 212 g/mol. The van der Waals surface area contributed by atoms with Gasteiger partial charge in [-0.1, -0.05) is 0 Å². The van der Waals surface area contributed by atoms with Gasteiger partial charge in [0.15, 0.2) is 17.9 Å². The van der Waals surface area contributed by atoms with Gasteiger partial charge in [0.25, 0.3) is 0 Å². The van der Waals surface area contributed by atoms with Crippen LogP contribution in [-0.2, 0) is 18.9 Å². The Labute approximate surface area is 95.6 Å². The molecule has 0 bridgehead atoms. The van der Waals surface area contributed by atoms with Crippen molar-refractivity contribution in [3.63, 3.8) is 0 Å². The molecule has 16 heavy (non-hydrogen) atoms. The minimum Gasteiger partial charge on any atom is -0.366 e. The van der Waals surface area contributed by atoms with E-state index < -0.39 is 11.6 Å². The van der Waals surface area contributed by atoms with Gasteiger partial charge in [-0.05, 0) is 27.7 Å². The van der Waals surface area contributed by atoms with Crippen LogP contribution in [0.1, 0.15) is 34.1 Å². The van der Waals surface area contributed by atoms with Crippen LogP contribution in [0.25, 0.3) is 0 Å². The average molecular weight is 232 g/mol. The van der Waals surface area contributed by atoms with E-state index in [1.165, 1.54) is 0 Å². The highest BCUT2D eigenvalue weighted by Crippen LogP contribution is 2.37. The molecule has 2 rings (SSSR count). The largest absolute Gasteiger partial charge is 0.366 e. The summed E-state index contributed by atoms with van der Waals surface area (Å²) < 4.78 is 22.1. The zero-order chi connectivity index (χ0) is 12.0. The Morgan fingerprint density at radius 2 is 2.06 bits per heavy atom. The molecule has 2 heterocycles. The van der Waals surface area contributed by atoms with Crippen molar-refractivity contribution in [2.24, 2.45) is 0 Å². The maximum absolute atomic E-state index is 9.42. The predicted octanol–water partition coefficient (Wildman–Crippen LogP) is 0.998. The lowest BCUT2D eigenvalue weighted by atomic mass is 10.2. The minimum absolute atomic E-state index is 0.0228. The number of ether oxygens (including phenoxy) is 4. The predicted molar refractivity (Wildman–Crippen MR) is 55.6 cm³/mol. The molecule has 0 amide bonds. The van der Waals surface area contributed by atoms with E-state index in [1.807, 2.05) is 13.8 Å². The van der Waals surface area contributed by atoms with Gasteiger partial charge in [-0.2, -0.15) is 0 Å². The summed E-state index contributed by atoms with van der Waals surface area (Å²) in [7, 11) is 0. The van der Waals surface area contributed by atoms with Gasteiger partial charge in [-0.25, -0.2) is 0 Å². The molecule has 0 aliphatic carbocycles. The summed E-state index contributed by atoms with van der Waals surface area (Å²) in [5, 5.41) is 9.42. The summed E-state index contributed by atoms with van der Waals surface area (Å²) in [6, 6.07) is 0. The standard InChI is InChI=1S/C11H20O5/c1-10(2,12)13-6-7-5-8-9(14-7)16-11(3,4)15-8/h7-9,12H,5-6H2,1-4H3/t7-,8+,9+/m1/s1. The third-order valence-electron chi connectivity index (χ3n) is 2.58. The molecule has 94 valence electrons. The third-order valence-corrected chi connectivity index (χ3v) is 2.58. The molecule has 3 atom stereocenters. The van der Waals surface area contributed by atoms with E-state index in [9.17, 15) is 5.11 Å². The second kappa shape index (κ2) is 3.92. The van der Waals surface area contributed by atoms with Crippen molar-refractivity contribution >= 4 is 0 Å². The van der Waals surface area contributed by atoms with Crippen LogP contribution in [0.3, 0.4) is 0 Å². The molecule has 1 N–H and O–H groups in total. The number of fused-ring (bicyclic) bond motifs is 1. The highest BCUT2D eigenvalue weighted by atomic mass is 16.8. The number of hydrogen-bond donors (Lipinski definition) is 1. The quantitative estimate of drug-likeness (QED) is 0.736. The zero-order valence-corrected chi connectivity index (χ0v) is 10.2. The Hall–Kier alpha value is -0.200. The first-order valence-electron chi connectivity index (χ1n) is 5.63. The topological polar surface area (TPSA) is 57.2 Å². The minimum atomic E-state index is -1.12. The van der Waals surface area contributed by atoms with Crippen molar-refractivity contribution in [1.82, 2.24) is 0 Å². The van der Waals surface area contributed by atoms with Crippen molar-refractivity contribution in [2.45, 2.75) is 64.2 Å². The average Bonchev–Trinajstić information content (AvgIpc) is 2.52. The van der Waals surface area contributed by atoms with E-state index in [-0.39, 0.29) is 18.5 Å². The molecule has 0 saturated carbocycles. The van der Waals surface area contributed by atoms with Crippen LogP contribution in [-0.4, -0.2) is 41.8 Å². The van der Waals surface area contributed by atoms with E-state index in [1.54, 1.807) is 13.8 Å². The summed E-state index contributed by atoms with van der Waals surface area (Å²) in [6.07, 6.45) is 0.345. The normalized spacial score (nSPS) is 37.7. The van der Waals surface area contributed by atoms with E-state index in [2.05, 4.69) is 0 Å². The van der Waals surface area contributed by atoms with E-state index in [0.29, 0.717) is 6.61 Å². The fourth-order valence-electron chi connectivity index (χ4n) is 1.99. The summed E-state index contributed by atoms with van der Waals surface area (Å²) in [5.41, 5.74) is 0. The van der Waals surface area contributed by atoms with Crippen LogP contribution in [0.4, 0.5) is 0 Å². The van der Waals surface area contributed by atoms with Crippen molar-refractivity contribution in [3.8, 4) is 0 Å². The van der Waals surface area contributed by atoms with Gasteiger partial charge < -0.3 is 24.1 Å². The number of aliphatic hydroxyl groups is 1. The van der Waals surface area contributed by atoms with Gasteiger partial charge in [0.1, 0.15) is 6.10 Å².